The van der Waals surface area contributed by atoms with Gasteiger partial charge in [-0.25, -0.2) is 9.38 Å². The molecule has 1 saturated heterocycles. The highest BCUT2D eigenvalue weighted by Crippen LogP contribution is 2.33. The van der Waals surface area contributed by atoms with Gasteiger partial charge in [0.15, 0.2) is 5.17 Å². The number of rotatable bonds is 4. The van der Waals surface area contributed by atoms with Crippen LogP contribution in [0.15, 0.2) is 75.0 Å². The summed E-state index contributed by atoms with van der Waals surface area (Å²) in [7, 11) is 0. The van der Waals surface area contributed by atoms with E-state index in [1.165, 1.54) is 36.4 Å². The number of hydrogen-bond acceptors (Lipinski definition) is 6. The molecule has 1 aliphatic heterocycles. The molecule has 1 aliphatic rings. The molecule has 0 atom stereocenters. The number of halogens is 1. The van der Waals surface area contributed by atoms with Crippen molar-refractivity contribution in [1.29, 1.82) is 0 Å². The van der Waals surface area contributed by atoms with Gasteiger partial charge in [-0.1, -0.05) is 12.1 Å². The van der Waals surface area contributed by atoms with Gasteiger partial charge in [-0.05, 0) is 54.2 Å². The topological polar surface area (TPSA) is 97.7 Å². The normalized spacial score (nSPS) is 16.4. The molecular weight excluding hydrogens is 397 g/mol. The second-order valence-corrected chi connectivity index (χ2v) is 6.97. The van der Waals surface area contributed by atoms with Crippen LogP contribution in [0.5, 0.6) is 0 Å². The Kier molecular flexibility index (Phi) is 4.96. The van der Waals surface area contributed by atoms with Crippen molar-refractivity contribution in [2.45, 2.75) is 0 Å². The first-order valence-corrected chi connectivity index (χ1v) is 9.20. The van der Waals surface area contributed by atoms with Gasteiger partial charge in [0.25, 0.3) is 11.6 Å². The van der Waals surface area contributed by atoms with Gasteiger partial charge in [-0.15, -0.1) is 0 Å². The van der Waals surface area contributed by atoms with Gasteiger partial charge in [-0.2, -0.15) is 0 Å². The maximum atomic E-state index is 13.0. The van der Waals surface area contributed by atoms with E-state index in [4.69, 9.17) is 4.42 Å². The lowest BCUT2D eigenvalue weighted by Crippen LogP contribution is -2.19. The fourth-order valence-electron chi connectivity index (χ4n) is 2.66. The molecule has 1 amide bonds. The van der Waals surface area contributed by atoms with E-state index >= 15 is 0 Å². The standard InChI is InChI=1S/C20H12FN3O4S/c21-12-5-7-13(8-6-12)22-20-23-19(25)18(29-20)11-14-9-10-17(28-14)15-3-1-2-4-16(15)24(26)27/h1-11H,(H,22,23,25)/b18-11+. The Bertz CT molecular complexity index is 1170. The average Bonchev–Trinajstić information content (AvgIpc) is 3.30. The van der Waals surface area contributed by atoms with Crippen molar-refractivity contribution in [3.8, 4) is 11.3 Å². The van der Waals surface area contributed by atoms with E-state index in [2.05, 4.69) is 10.3 Å². The highest BCUT2D eigenvalue weighted by molar-refractivity contribution is 8.18. The predicted octanol–water partition coefficient (Wildman–Crippen LogP) is 4.89. The number of amidine groups is 1. The van der Waals surface area contributed by atoms with Crippen LogP contribution < -0.4 is 5.32 Å². The van der Waals surface area contributed by atoms with Gasteiger partial charge in [-0.3, -0.25) is 14.9 Å². The van der Waals surface area contributed by atoms with Crippen molar-refractivity contribution in [2.75, 3.05) is 0 Å². The van der Waals surface area contributed by atoms with Crippen LogP contribution in [0.3, 0.4) is 0 Å². The molecule has 1 N–H and O–H groups in total. The highest BCUT2D eigenvalue weighted by atomic mass is 32.2. The average molecular weight is 409 g/mol. The maximum Gasteiger partial charge on any atom is 0.280 e. The Morgan fingerprint density at radius 2 is 1.86 bits per heavy atom. The number of aliphatic imine (C=N–C) groups is 1. The summed E-state index contributed by atoms with van der Waals surface area (Å²) in [6.07, 6.45) is 1.53. The molecular formula is C20H12FN3O4S. The first-order valence-electron chi connectivity index (χ1n) is 8.38. The number of benzene rings is 2. The van der Waals surface area contributed by atoms with Crippen LogP contribution in [0.2, 0.25) is 0 Å². The van der Waals surface area contributed by atoms with Crippen LogP contribution in [0, 0.1) is 15.9 Å². The van der Waals surface area contributed by atoms with Crippen molar-refractivity contribution in [3.05, 3.63) is 87.3 Å². The molecule has 0 saturated carbocycles. The molecule has 7 nitrogen and oxygen atoms in total. The van der Waals surface area contributed by atoms with E-state index in [0.29, 0.717) is 32.8 Å². The number of nitro benzene ring substituents is 1. The maximum absolute atomic E-state index is 13.0. The summed E-state index contributed by atoms with van der Waals surface area (Å²) < 4.78 is 18.7. The third-order valence-electron chi connectivity index (χ3n) is 3.97. The number of para-hydroxylation sites is 1. The molecule has 0 bridgehead atoms. The number of thioether (sulfide) groups is 1. The van der Waals surface area contributed by atoms with Crippen LogP contribution in [-0.4, -0.2) is 16.0 Å². The summed E-state index contributed by atoms with van der Waals surface area (Å²) in [5.74, 6) is -0.0176. The van der Waals surface area contributed by atoms with Crippen LogP contribution in [0.4, 0.5) is 15.8 Å². The fraction of sp³-hybridized carbons (Fsp3) is 0. The Morgan fingerprint density at radius 1 is 1.10 bits per heavy atom. The molecule has 0 unspecified atom stereocenters. The molecule has 1 aromatic heterocycles. The molecule has 0 spiro atoms. The summed E-state index contributed by atoms with van der Waals surface area (Å²) in [4.78, 5) is 27.5. The minimum absolute atomic E-state index is 0.0669. The molecule has 9 heteroatoms. The Morgan fingerprint density at radius 3 is 2.62 bits per heavy atom. The zero-order chi connectivity index (χ0) is 20.4. The fourth-order valence-corrected chi connectivity index (χ4v) is 3.48. The van der Waals surface area contributed by atoms with Gasteiger partial charge in [0.1, 0.15) is 17.3 Å². The minimum atomic E-state index is -0.478. The summed E-state index contributed by atoms with van der Waals surface area (Å²) in [5.41, 5.74) is 0.791. The molecule has 0 radical (unpaired) electrons. The summed E-state index contributed by atoms with van der Waals surface area (Å²) in [6, 6.07) is 15.1. The first kappa shape index (κ1) is 18.6. The monoisotopic (exact) mass is 409 g/mol. The van der Waals surface area contributed by atoms with Crippen molar-refractivity contribution < 1.29 is 18.5 Å². The molecule has 0 aliphatic carbocycles. The summed E-state index contributed by atoms with van der Waals surface area (Å²) >= 11 is 1.11. The van der Waals surface area contributed by atoms with Crippen molar-refractivity contribution >= 4 is 40.3 Å². The zero-order valence-electron chi connectivity index (χ0n) is 14.7. The first-order chi connectivity index (χ1) is 14.0. The predicted molar refractivity (Wildman–Crippen MR) is 108 cm³/mol. The molecule has 29 heavy (non-hydrogen) atoms. The smallest absolute Gasteiger partial charge is 0.280 e. The van der Waals surface area contributed by atoms with Crippen LogP contribution in [-0.2, 0) is 4.79 Å². The van der Waals surface area contributed by atoms with E-state index in [9.17, 15) is 19.3 Å². The van der Waals surface area contributed by atoms with Crippen LogP contribution >= 0.6 is 11.8 Å². The molecule has 2 heterocycles. The van der Waals surface area contributed by atoms with E-state index in [0.717, 1.165) is 11.8 Å². The minimum Gasteiger partial charge on any atom is -0.456 e. The van der Waals surface area contributed by atoms with Gasteiger partial charge < -0.3 is 9.73 Å². The summed E-state index contributed by atoms with van der Waals surface area (Å²) in [5, 5.41) is 14.2. The highest BCUT2D eigenvalue weighted by Gasteiger charge is 2.24. The number of furan rings is 1. The Hall–Kier alpha value is -3.72. The lowest BCUT2D eigenvalue weighted by atomic mass is 10.1. The number of hydrogen-bond donors (Lipinski definition) is 1. The number of carbonyl (C=O) groups is 1. The zero-order valence-corrected chi connectivity index (χ0v) is 15.5. The van der Waals surface area contributed by atoms with Crippen molar-refractivity contribution in [2.24, 2.45) is 4.99 Å². The third-order valence-corrected chi connectivity index (χ3v) is 4.88. The van der Waals surface area contributed by atoms with Crippen LogP contribution in [0.25, 0.3) is 17.4 Å². The van der Waals surface area contributed by atoms with Crippen LogP contribution in [0.1, 0.15) is 5.76 Å². The Labute approximate surface area is 168 Å². The Balaban J connectivity index is 1.57. The lowest BCUT2D eigenvalue weighted by Gasteiger charge is -1.98. The lowest BCUT2D eigenvalue weighted by molar-refractivity contribution is -0.384. The number of carbonyl (C=O) groups excluding carboxylic acids is 1. The molecule has 4 rings (SSSR count). The van der Waals surface area contributed by atoms with Gasteiger partial charge in [0.2, 0.25) is 0 Å². The number of nitrogens with zero attached hydrogens (tertiary/aromatic N) is 2. The van der Waals surface area contributed by atoms with Gasteiger partial charge >= 0.3 is 0 Å². The van der Waals surface area contributed by atoms with E-state index in [1.54, 1.807) is 30.3 Å². The molecule has 3 aromatic rings. The molecule has 1 fully saturated rings. The number of nitrogens with one attached hydrogen (secondary N) is 1. The van der Waals surface area contributed by atoms with E-state index < -0.39 is 4.92 Å². The van der Waals surface area contributed by atoms with E-state index in [-0.39, 0.29) is 17.4 Å². The largest absolute Gasteiger partial charge is 0.456 e. The van der Waals surface area contributed by atoms with Gasteiger partial charge in [0, 0.05) is 12.1 Å². The number of nitro groups is 1. The van der Waals surface area contributed by atoms with Crippen molar-refractivity contribution in [1.82, 2.24) is 5.32 Å². The second-order valence-electron chi connectivity index (χ2n) is 5.93. The van der Waals surface area contributed by atoms with Crippen molar-refractivity contribution in [3.63, 3.8) is 0 Å². The van der Waals surface area contributed by atoms with E-state index in [1.807, 2.05) is 0 Å². The summed E-state index contributed by atoms with van der Waals surface area (Å²) in [6.45, 7) is 0. The quantitative estimate of drug-likeness (QED) is 0.376. The second kappa shape index (κ2) is 7.72. The SMILES string of the molecule is O=C1NC(=Nc2ccc(F)cc2)S/C1=C/c1ccc(-c2ccccc2[N+](=O)[O-])o1. The van der Waals surface area contributed by atoms with Gasteiger partial charge in [0.05, 0.1) is 21.1 Å². The molecule has 2 aromatic carbocycles. The number of amides is 1. The third kappa shape index (κ3) is 4.09. The molecule has 144 valence electrons.